The summed E-state index contributed by atoms with van der Waals surface area (Å²) in [5.41, 5.74) is 7.71. The summed E-state index contributed by atoms with van der Waals surface area (Å²) in [4.78, 5) is 14.8. The molecule has 0 aliphatic carbocycles. The molecule has 0 aliphatic rings. The molecular weight excluding hydrogens is 518 g/mol. The summed E-state index contributed by atoms with van der Waals surface area (Å²) in [7, 11) is 0. The molecule has 0 spiro atoms. The van der Waals surface area contributed by atoms with E-state index >= 15 is 0 Å². The predicted molar refractivity (Wildman–Crippen MR) is 168 cm³/mol. The molecule has 6 aromatic carbocycles. The molecule has 196 valence electrons. The minimum Gasteiger partial charge on any atom is -0.454 e. The maximum absolute atomic E-state index is 6.47. The van der Waals surface area contributed by atoms with Crippen LogP contribution < -0.4 is 0 Å². The number of benzene rings is 6. The van der Waals surface area contributed by atoms with Gasteiger partial charge in [0.2, 0.25) is 5.89 Å². The molecule has 3 aromatic heterocycles. The van der Waals surface area contributed by atoms with Gasteiger partial charge < -0.3 is 8.83 Å². The third kappa shape index (κ3) is 3.47. The van der Waals surface area contributed by atoms with Crippen LogP contribution in [0.1, 0.15) is 0 Å². The van der Waals surface area contributed by atoms with Crippen molar-refractivity contribution < 1.29 is 8.83 Å². The van der Waals surface area contributed by atoms with Crippen molar-refractivity contribution in [3.8, 4) is 34.1 Å². The smallest absolute Gasteiger partial charge is 0.227 e. The maximum atomic E-state index is 6.47. The quantitative estimate of drug-likeness (QED) is 0.224. The highest BCUT2D eigenvalue weighted by molar-refractivity contribution is 6.22. The molecule has 0 N–H and O–H groups in total. The molecule has 0 aliphatic heterocycles. The summed E-state index contributed by atoms with van der Waals surface area (Å²) >= 11 is 0. The van der Waals surface area contributed by atoms with Crippen LogP contribution in [0.4, 0.5) is 0 Å². The second-order valence-corrected chi connectivity index (χ2v) is 10.4. The Labute approximate surface area is 239 Å². The van der Waals surface area contributed by atoms with Gasteiger partial charge in [-0.1, -0.05) is 84.9 Å². The third-order valence-electron chi connectivity index (χ3n) is 7.91. The molecule has 0 radical (unpaired) electrons. The fraction of sp³-hybridized carbons (Fsp3) is 0. The van der Waals surface area contributed by atoms with Crippen LogP contribution in [0.15, 0.2) is 136 Å². The van der Waals surface area contributed by atoms with Crippen molar-refractivity contribution in [3.05, 3.63) is 127 Å². The monoisotopic (exact) mass is 539 g/mol. The number of oxazole rings is 1. The van der Waals surface area contributed by atoms with Crippen LogP contribution in [0.5, 0.6) is 0 Å². The Balaban J connectivity index is 1.29. The van der Waals surface area contributed by atoms with E-state index in [9.17, 15) is 0 Å². The lowest BCUT2D eigenvalue weighted by Gasteiger charge is -2.10. The Hall–Kier alpha value is -5.81. The Kier molecular flexibility index (Phi) is 4.83. The van der Waals surface area contributed by atoms with Crippen LogP contribution in [0, 0.1) is 0 Å². The van der Waals surface area contributed by atoms with Crippen molar-refractivity contribution >= 4 is 54.7 Å². The highest BCUT2D eigenvalue weighted by Gasteiger charge is 2.19. The van der Waals surface area contributed by atoms with Crippen LogP contribution in [-0.2, 0) is 0 Å². The van der Waals surface area contributed by atoms with Gasteiger partial charge >= 0.3 is 0 Å². The van der Waals surface area contributed by atoms with Crippen LogP contribution in [0.2, 0.25) is 0 Å². The molecule has 3 heterocycles. The zero-order chi connectivity index (χ0) is 27.6. The van der Waals surface area contributed by atoms with Crippen molar-refractivity contribution in [3.63, 3.8) is 0 Å². The van der Waals surface area contributed by atoms with E-state index in [1.165, 1.54) is 0 Å². The molecule has 42 heavy (non-hydrogen) atoms. The summed E-state index contributed by atoms with van der Waals surface area (Å²) in [6.07, 6.45) is 0. The second kappa shape index (κ2) is 8.85. The van der Waals surface area contributed by atoms with Crippen LogP contribution in [-0.4, -0.2) is 15.0 Å². The van der Waals surface area contributed by atoms with Crippen molar-refractivity contribution in [1.29, 1.82) is 0 Å². The number of aromatic nitrogens is 3. The summed E-state index contributed by atoms with van der Waals surface area (Å²) in [5, 5.41) is 5.29. The number of nitrogens with zero attached hydrogens (tertiary/aromatic N) is 3. The molecule has 5 heteroatoms. The van der Waals surface area contributed by atoms with Crippen LogP contribution in [0.25, 0.3) is 88.8 Å². The predicted octanol–water partition coefficient (Wildman–Crippen LogP) is 9.82. The highest BCUT2D eigenvalue weighted by atomic mass is 16.4. The van der Waals surface area contributed by atoms with Gasteiger partial charge in [-0.15, -0.1) is 0 Å². The number of rotatable bonds is 3. The zero-order valence-electron chi connectivity index (χ0n) is 22.3. The number of hydrogen-bond acceptors (Lipinski definition) is 5. The normalized spacial score (nSPS) is 11.8. The largest absolute Gasteiger partial charge is 0.454 e. The van der Waals surface area contributed by atoms with E-state index in [0.717, 1.165) is 71.5 Å². The van der Waals surface area contributed by atoms with Gasteiger partial charge in [0.05, 0.1) is 11.2 Å². The molecule has 9 rings (SSSR count). The van der Waals surface area contributed by atoms with E-state index < -0.39 is 0 Å². The first kappa shape index (κ1) is 22.9. The van der Waals surface area contributed by atoms with Crippen molar-refractivity contribution in [1.82, 2.24) is 15.0 Å². The van der Waals surface area contributed by atoms with Crippen LogP contribution >= 0.6 is 0 Å². The molecule has 0 atom stereocenters. The van der Waals surface area contributed by atoms with Gasteiger partial charge in [-0.05, 0) is 53.2 Å². The van der Waals surface area contributed by atoms with Gasteiger partial charge in [0, 0.05) is 32.8 Å². The number of furan rings is 1. The van der Waals surface area contributed by atoms with Gasteiger partial charge in [0.15, 0.2) is 22.5 Å². The van der Waals surface area contributed by atoms with E-state index in [0.29, 0.717) is 17.3 Å². The molecule has 9 aromatic rings. The number of para-hydroxylation sites is 1. The lowest BCUT2D eigenvalue weighted by Crippen LogP contribution is -1.95. The maximum Gasteiger partial charge on any atom is 0.227 e. The minimum atomic E-state index is 0.579. The topological polar surface area (TPSA) is 65.0 Å². The first-order valence-electron chi connectivity index (χ1n) is 13.9. The van der Waals surface area contributed by atoms with Crippen molar-refractivity contribution in [2.24, 2.45) is 0 Å². The van der Waals surface area contributed by atoms with Crippen LogP contribution in [0.3, 0.4) is 0 Å². The number of hydrogen-bond donors (Lipinski definition) is 0. The van der Waals surface area contributed by atoms with Gasteiger partial charge in [0.1, 0.15) is 5.58 Å². The molecule has 0 unspecified atom stereocenters. The van der Waals surface area contributed by atoms with E-state index in [2.05, 4.69) is 36.4 Å². The lowest BCUT2D eigenvalue weighted by atomic mass is 9.98. The zero-order valence-corrected chi connectivity index (χ0v) is 22.3. The van der Waals surface area contributed by atoms with E-state index in [1.807, 2.05) is 91.0 Å². The molecule has 0 saturated carbocycles. The molecule has 0 amide bonds. The van der Waals surface area contributed by atoms with Crippen molar-refractivity contribution in [2.45, 2.75) is 0 Å². The fourth-order valence-electron chi connectivity index (χ4n) is 5.91. The van der Waals surface area contributed by atoms with Gasteiger partial charge in [-0.25, -0.2) is 15.0 Å². The van der Waals surface area contributed by atoms with Gasteiger partial charge in [-0.2, -0.15) is 0 Å². The number of fused-ring (bicyclic) bond motifs is 8. The van der Waals surface area contributed by atoms with E-state index in [1.54, 1.807) is 0 Å². The van der Waals surface area contributed by atoms with Crippen molar-refractivity contribution in [2.75, 3.05) is 0 Å². The summed E-state index contributed by atoms with van der Waals surface area (Å²) in [5.74, 6) is 1.29. The van der Waals surface area contributed by atoms with E-state index in [-0.39, 0.29) is 0 Å². The molecular formula is C37H21N3O2. The molecule has 0 bridgehead atoms. The molecule has 5 nitrogen and oxygen atoms in total. The standard InChI is InChI=1S/C37H21N3O2/c1-3-9-23(10-4-1)36-38-29-14-8-7-13-26(29)33(39-36)25-16-15-22-17-19-30-32(28(22)21-25)27-18-20-31-34(35(27)41-30)40-37(42-31)24-11-5-2-6-12-24/h1-21H. The second-order valence-electron chi connectivity index (χ2n) is 10.4. The Morgan fingerprint density at radius 2 is 1.21 bits per heavy atom. The highest BCUT2D eigenvalue weighted by Crippen LogP contribution is 2.40. The summed E-state index contributed by atoms with van der Waals surface area (Å²) in [6.45, 7) is 0. The Morgan fingerprint density at radius 3 is 2.07 bits per heavy atom. The SMILES string of the molecule is c1ccc(-c2nc(-c3ccc4ccc5oc6c(ccc7oc(-c8ccccc8)nc76)c5c4c3)c3ccccc3n2)cc1. The fourth-order valence-corrected chi connectivity index (χ4v) is 5.91. The minimum absolute atomic E-state index is 0.579. The lowest BCUT2D eigenvalue weighted by molar-refractivity contribution is 0.620. The first-order valence-corrected chi connectivity index (χ1v) is 13.9. The Bertz CT molecular complexity index is 2460. The average molecular weight is 540 g/mol. The van der Waals surface area contributed by atoms with Gasteiger partial charge in [0.25, 0.3) is 0 Å². The Morgan fingerprint density at radius 1 is 0.476 bits per heavy atom. The van der Waals surface area contributed by atoms with Gasteiger partial charge in [-0.3, -0.25) is 0 Å². The summed E-state index contributed by atoms with van der Waals surface area (Å²) < 4.78 is 12.6. The first-order chi connectivity index (χ1) is 20.8. The summed E-state index contributed by atoms with van der Waals surface area (Å²) in [6, 6.07) is 43.0. The van der Waals surface area contributed by atoms with E-state index in [4.69, 9.17) is 23.8 Å². The third-order valence-corrected chi connectivity index (χ3v) is 7.91. The molecule has 0 saturated heterocycles. The average Bonchev–Trinajstić information content (AvgIpc) is 3.67. The molecule has 0 fully saturated rings.